The van der Waals surface area contributed by atoms with Crippen LogP contribution in [0.3, 0.4) is 0 Å². The van der Waals surface area contributed by atoms with Crippen molar-refractivity contribution in [1.82, 2.24) is 25.2 Å². The number of nitrogens with one attached hydrogen (secondary N) is 2. The molecule has 9 heteroatoms. The van der Waals surface area contributed by atoms with Crippen molar-refractivity contribution in [3.63, 3.8) is 0 Å². The van der Waals surface area contributed by atoms with Crippen molar-refractivity contribution >= 4 is 22.6 Å². The number of nitrogens with zero attached hydrogens (tertiary/aromatic N) is 4. The molecule has 2 atom stereocenters. The van der Waals surface area contributed by atoms with Crippen LogP contribution in [0.25, 0.3) is 11.0 Å². The fraction of sp³-hybridized carbons (Fsp3) is 0.417. The molecule has 3 aromatic rings. The van der Waals surface area contributed by atoms with Crippen LogP contribution in [0.2, 0.25) is 0 Å². The molecular weight excluding hydrogens is 423 g/mol. The van der Waals surface area contributed by atoms with Crippen molar-refractivity contribution in [2.45, 2.75) is 44.8 Å². The lowest BCUT2D eigenvalue weighted by Gasteiger charge is -2.54. The Balaban J connectivity index is 1.33. The number of hydrogen-bond donors (Lipinski definition) is 2. The van der Waals surface area contributed by atoms with Crippen molar-refractivity contribution in [3.8, 4) is 0 Å². The monoisotopic (exact) mass is 450 g/mol. The van der Waals surface area contributed by atoms with Crippen molar-refractivity contribution in [2.75, 3.05) is 25.0 Å². The van der Waals surface area contributed by atoms with Gasteiger partial charge in [-0.05, 0) is 49.1 Å². The summed E-state index contributed by atoms with van der Waals surface area (Å²) in [7, 11) is 1.59. The molecule has 1 aromatic carbocycles. The highest BCUT2D eigenvalue weighted by atomic mass is 19.1. The van der Waals surface area contributed by atoms with Gasteiger partial charge in [0, 0.05) is 38.8 Å². The van der Waals surface area contributed by atoms with E-state index in [4.69, 9.17) is 0 Å². The summed E-state index contributed by atoms with van der Waals surface area (Å²) in [6, 6.07) is 7.82. The fourth-order valence-corrected chi connectivity index (χ4v) is 4.97. The van der Waals surface area contributed by atoms with Crippen molar-refractivity contribution < 1.29 is 9.18 Å². The van der Waals surface area contributed by atoms with E-state index in [9.17, 15) is 14.0 Å². The van der Waals surface area contributed by atoms with Gasteiger partial charge < -0.3 is 15.2 Å². The van der Waals surface area contributed by atoms with Crippen LogP contribution < -0.4 is 15.8 Å². The summed E-state index contributed by atoms with van der Waals surface area (Å²) in [6.07, 6.45) is 4.40. The van der Waals surface area contributed by atoms with Gasteiger partial charge >= 0.3 is 0 Å². The first-order chi connectivity index (χ1) is 16.0. The molecule has 1 saturated carbocycles. The van der Waals surface area contributed by atoms with E-state index < -0.39 is 5.82 Å². The van der Waals surface area contributed by atoms with Gasteiger partial charge in [0.15, 0.2) is 5.82 Å². The number of piperazine rings is 1. The molecule has 0 bridgehead atoms. The molecule has 2 unspecified atom stereocenters. The molecule has 3 heterocycles. The maximum Gasteiger partial charge on any atom is 0.270 e. The molecule has 5 rings (SSSR count). The fourth-order valence-electron chi connectivity index (χ4n) is 4.97. The number of pyridine rings is 1. The van der Waals surface area contributed by atoms with Gasteiger partial charge in [-0.25, -0.2) is 14.4 Å². The number of hydrogen-bond acceptors (Lipinski definition) is 6. The maximum absolute atomic E-state index is 14.8. The molecule has 2 N–H and O–H groups in total. The largest absolute Gasteiger partial charge is 0.364 e. The first-order valence-corrected chi connectivity index (χ1v) is 11.4. The van der Waals surface area contributed by atoms with Crippen LogP contribution in [0, 0.1) is 5.82 Å². The predicted octanol–water partition coefficient (Wildman–Crippen LogP) is 2.23. The molecule has 1 amide bonds. The number of halogens is 1. The number of aromatic amines is 1. The van der Waals surface area contributed by atoms with E-state index in [1.54, 1.807) is 19.3 Å². The smallest absolute Gasteiger partial charge is 0.270 e. The molecule has 1 aliphatic carbocycles. The zero-order chi connectivity index (χ0) is 23.1. The molecule has 1 saturated heterocycles. The van der Waals surface area contributed by atoms with Gasteiger partial charge in [-0.1, -0.05) is 6.92 Å². The van der Waals surface area contributed by atoms with E-state index in [0.29, 0.717) is 42.0 Å². The Bertz CT molecular complexity index is 1260. The van der Waals surface area contributed by atoms with Gasteiger partial charge in [-0.15, -0.1) is 0 Å². The number of H-pyrrole nitrogens is 1. The molecule has 172 valence electrons. The van der Waals surface area contributed by atoms with Gasteiger partial charge in [0.2, 0.25) is 0 Å². The van der Waals surface area contributed by atoms with E-state index in [0.717, 1.165) is 37.2 Å². The van der Waals surface area contributed by atoms with Crippen LogP contribution in [-0.2, 0) is 13.0 Å². The summed E-state index contributed by atoms with van der Waals surface area (Å²) in [4.78, 5) is 40.0. The summed E-state index contributed by atoms with van der Waals surface area (Å²) in [5, 5.41) is 2.59. The van der Waals surface area contributed by atoms with Crippen LogP contribution in [0.15, 0.2) is 35.3 Å². The van der Waals surface area contributed by atoms with E-state index >= 15 is 0 Å². The summed E-state index contributed by atoms with van der Waals surface area (Å²) in [5.41, 5.74) is 3.00. The Hall–Kier alpha value is -3.33. The number of carbonyl (C=O) groups excluding carboxylic acids is 1. The molecule has 0 spiro atoms. The summed E-state index contributed by atoms with van der Waals surface area (Å²) < 4.78 is 14.8. The average molecular weight is 451 g/mol. The summed E-state index contributed by atoms with van der Waals surface area (Å²) >= 11 is 0. The number of benzene rings is 1. The third-order valence-corrected chi connectivity index (χ3v) is 6.84. The van der Waals surface area contributed by atoms with Crippen LogP contribution in [0.1, 0.15) is 41.5 Å². The van der Waals surface area contributed by atoms with Crippen molar-refractivity contribution in [2.24, 2.45) is 0 Å². The van der Waals surface area contributed by atoms with Crippen LogP contribution in [0.5, 0.6) is 0 Å². The second-order valence-corrected chi connectivity index (χ2v) is 8.70. The van der Waals surface area contributed by atoms with Gasteiger partial charge in [0.25, 0.3) is 11.5 Å². The first-order valence-electron chi connectivity index (χ1n) is 11.4. The lowest BCUT2D eigenvalue weighted by Crippen LogP contribution is -2.64. The third-order valence-electron chi connectivity index (χ3n) is 6.84. The van der Waals surface area contributed by atoms with Crippen LogP contribution in [0.4, 0.5) is 10.1 Å². The molecule has 2 aliphatic rings. The number of amides is 1. The quantitative estimate of drug-likeness (QED) is 0.619. The van der Waals surface area contributed by atoms with Gasteiger partial charge in [-0.2, -0.15) is 0 Å². The first kappa shape index (κ1) is 21.5. The van der Waals surface area contributed by atoms with Gasteiger partial charge in [0.05, 0.1) is 17.4 Å². The Morgan fingerprint density at radius 3 is 2.73 bits per heavy atom. The molecule has 8 nitrogen and oxygen atoms in total. The molecular formula is C24H27FN6O2. The Labute approximate surface area is 190 Å². The Morgan fingerprint density at radius 1 is 1.24 bits per heavy atom. The molecule has 1 aliphatic heterocycles. The third kappa shape index (κ3) is 3.86. The minimum absolute atomic E-state index is 0.196. The lowest BCUT2D eigenvalue weighted by molar-refractivity contribution is 0.0658. The normalized spacial score (nSPS) is 20.4. The highest BCUT2D eigenvalue weighted by Crippen LogP contribution is 2.37. The van der Waals surface area contributed by atoms with Crippen molar-refractivity contribution in [3.05, 3.63) is 63.6 Å². The van der Waals surface area contributed by atoms with Gasteiger partial charge in [-0.3, -0.25) is 14.5 Å². The summed E-state index contributed by atoms with van der Waals surface area (Å²) in [5.74, 6) is -0.600. The second-order valence-electron chi connectivity index (χ2n) is 8.70. The van der Waals surface area contributed by atoms with E-state index in [1.807, 2.05) is 19.1 Å². The van der Waals surface area contributed by atoms with Crippen molar-refractivity contribution in [1.29, 1.82) is 0 Å². The van der Waals surface area contributed by atoms with Gasteiger partial charge in [0.1, 0.15) is 16.9 Å². The zero-order valence-electron chi connectivity index (χ0n) is 18.8. The number of carbonyl (C=O) groups is 1. The van der Waals surface area contributed by atoms with E-state index in [-0.39, 0.29) is 17.0 Å². The number of rotatable bonds is 5. The molecule has 33 heavy (non-hydrogen) atoms. The minimum atomic E-state index is -0.403. The second kappa shape index (κ2) is 8.55. The minimum Gasteiger partial charge on any atom is -0.364 e. The van der Waals surface area contributed by atoms with E-state index in [1.165, 1.54) is 6.07 Å². The molecule has 0 radical (unpaired) electrons. The number of fused-ring (bicyclic) bond motifs is 2. The number of anilines is 1. The molecule has 2 fully saturated rings. The van der Waals surface area contributed by atoms with E-state index in [2.05, 4.69) is 30.1 Å². The highest BCUT2D eigenvalue weighted by molar-refractivity contribution is 5.92. The van der Waals surface area contributed by atoms with Crippen LogP contribution >= 0.6 is 0 Å². The predicted molar refractivity (Wildman–Crippen MR) is 124 cm³/mol. The maximum atomic E-state index is 14.8. The standard InChI is InChI=1S/C24H27FN6O2/c1-3-17-24(33)29-19-11-14(10-16(25)22(19)28-17)13-30-8-9-31(21-7-6-20(21)30)15-4-5-18(27-12-15)23(32)26-2/h4-5,10-12,20-21H,3,6-9,13H2,1-2H3,(H,26,32)(H,29,33). The highest BCUT2D eigenvalue weighted by Gasteiger charge is 2.43. The molecule has 2 aromatic heterocycles. The average Bonchev–Trinajstić information content (AvgIpc) is 2.79. The summed E-state index contributed by atoms with van der Waals surface area (Å²) in [6.45, 7) is 4.11. The lowest BCUT2D eigenvalue weighted by atomic mass is 9.81. The van der Waals surface area contributed by atoms with Crippen LogP contribution in [-0.4, -0.2) is 58.0 Å². The SMILES string of the molecule is CCc1nc2c(F)cc(CN3CCN(c4ccc(C(=O)NC)nc4)C4CCC43)cc2[nH]c1=O. The Kier molecular flexibility index (Phi) is 5.57. The zero-order valence-corrected chi connectivity index (χ0v) is 18.8. The number of aromatic nitrogens is 3. The topological polar surface area (TPSA) is 94.2 Å². The Morgan fingerprint density at radius 2 is 2.06 bits per heavy atom. The number of aryl methyl sites for hydroxylation is 1.